The van der Waals surface area contributed by atoms with Gasteiger partial charge in [0.2, 0.25) is 11.6 Å². The van der Waals surface area contributed by atoms with Gasteiger partial charge < -0.3 is 15.0 Å². The average Bonchev–Trinajstić information content (AvgIpc) is 3.32. The number of nitriles is 1. The van der Waals surface area contributed by atoms with E-state index in [9.17, 15) is 5.26 Å². The Bertz CT molecular complexity index is 671. The number of quaternary nitrogens is 1. The lowest BCUT2D eigenvalue weighted by atomic mass is 9.95. The molecular formula is C19H29N5O+2. The van der Waals surface area contributed by atoms with Crippen LogP contribution in [-0.4, -0.2) is 45.9 Å². The van der Waals surface area contributed by atoms with E-state index in [-0.39, 0.29) is 0 Å². The molecule has 3 aliphatic heterocycles. The third kappa shape index (κ3) is 3.31. The first-order chi connectivity index (χ1) is 12.3. The Labute approximate surface area is 149 Å². The first kappa shape index (κ1) is 16.6. The summed E-state index contributed by atoms with van der Waals surface area (Å²) < 4.78 is 5.77. The number of nitrogens with zero attached hydrogens (tertiary/aromatic N) is 2. The molecule has 4 heterocycles. The van der Waals surface area contributed by atoms with Crippen LogP contribution in [0.3, 0.4) is 0 Å². The molecule has 1 aromatic rings. The largest absolute Gasteiger partial charge is 0.375 e. The first-order valence-electron chi connectivity index (χ1n) is 9.69. The van der Waals surface area contributed by atoms with Crippen molar-refractivity contribution in [3.05, 3.63) is 16.7 Å². The number of fused-ring (bicyclic) bond motifs is 1. The van der Waals surface area contributed by atoms with Gasteiger partial charge in [-0.15, -0.1) is 0 Å². The van der Waals surface area contributed by atoms with E-state index in [4.69, 9.17) is 4.74 Å². The van der Waals surface area contributed by atoms with Crippen molar-refractivity contribution >= 4 is 11.6 Å². The van der Waals surface area contributed by atoms with E-state index >= 15 is 0 Å². The van der Waals surface area contributed by atoms with Gasteiger partial charge in [0.15, 0.2) is 0 Å². The van der Waals surface area contributed by atoms with Crippen LogP contribution in [0.25, 0.3) is 0 Å². The molecule has 3 N–H and O–H groups in total. The van der Waals surface area contributed by atoms with E-state index < -0.39 is 0 Å². The molecule has 1 aromatic heterocycles. The fourth-order valence-corrected chi connectivity index (χ4v) is 4.37. The summed E-state index contributed by atoms with van der Waals surface area (Å²) >= 11 is 0. The highest BCUT2D eigenvalue weighted by Crippen LogP contribution is 2.29. The number of hydrogen-bond acceptors (Lipinski definition) is 4. The molecular weight excluding hydrogens is 314 g/mol. The Morgan fingerprint density at radius 1 is 1.32 bits per heavy atom. The van der Waals surface area contributed by atoms with E-state index in [0.717, 1.165) is 75.8 Å². The molecule has 0 radical (unpaired) electrons. The average molecular weight is 343 g/mol. The van der Waals surface area contributed by atoms with Crippen molar-refractivity contribution in [2.75, 3.05) is 50.1 Å². The van der Waals surface area contributed by atoms with Crippen LogP contribution in [0.4, 0.5) is 11.6 Å². The predicted octanol–water partition coefficient (Wildman–Crippen LogP) is 0.134. The third-order valence-electron chi connectivity index (χ3n) is 5.79. The standard InChI is InChI=1S/C19H27N5O/c1-23-9-6-15-16(11-20)19(24-7-2-3-8-24)22-18(17(15)13-23)21-12-14-5-4-10-25-14/h14H,2-10,12-13H2,1H3,(H,21,22)/p+2/t14-/m0/s1. The number of rotatable bonds is 4. The lowest BCUT2D eigenvalue weighted by Crippen LogP contribution is -3.08. The molecule has 6 nitrogen and oxygen atoms in total. The molecule has 0 saturated carbocycles. The maximum absolute atomic E-state index is 9.85. The molecule has 2 fully saturated rings. The molecule has 0 bridgehead atoms. The fourth-order valence-electron chi connectivity index (χ4n) is 4.37. The molecule has 4 rings (SSSR count). The molecule has 2 atom stereocenters. The van der Waals surface area contributed by atoms with Gasteiger partial charge in [0.1, 0.15) is 18.2 Å². The van der Waals surface area contributed by atoms with Gasteiger partial charge in [-0.1, -0.05) is 0 Å². The number of likely N-dealkylation sites (N-methyl/N-ethyl adjacent to an activating group) is 1. The van der Waals surface area contributed by atoms with Gasteiger partial charge in [0.05, 0.1) is 44.9 Å². The van der Waals surface area contributed by atoms with E-state index in [1.165, 1.54) is 28.9 Å². The Kier molecular flexibility index (Phi) is 4.78. The molecule has 0 aliphatic carbocycles. The summed E-state index contributed by atoms with van der Waals surface area (Å²) in [6, 6.07) is 2.51. The Morgan fingerprint density at radius 3 is 2.88 bits per heavy atom. The van der Waals surface area contributed by atoms with Crippen LogP contribution in [0.2, 0.25) is 0 Å². The van der Waals surface area contributed by atoms with Crippen LogP contribution in [0.15, 0.2) is 0 Å². The van der Waals surface area contributed by atoms with Crippen molar-refractivity contribution in [1.82, 2.24) is 0 Å². The summed E-state index contributed by atoms with van der Waals surface area (Å²) in [5, 5.41) is 13.5. The lowest BCUT2D eigenvalue weighted by molar-refractivity contribution is -0.895. The van der Waals surface area contributed by atoms with Crippen LogP contribution in [0, 0.1) is 11.3 Å². The normalized spacial score (nSPS) is 25.7. The zero-order chi connectivity index (χ0) is 17.2. The monoisotopic (exact) mass is 343 g/mol. The van der Waals surface area contributed by atoms with Crippen molar-refractivity contribution in [3.8, 4) is 6.07 Å². The zero-order valence-electron chi connectivity index (χ0n) is 15.2. The summed E-state index contributed by atoms with van der Waals surface area (Å²) in [5.41, 5.74) is 3.41. The minimum atomic E-state index is 0.309. The van der Waals surface area contributed by atoms with Gasteiger partial charge >= 0.3 is 0 Å². The number of H-pyrrole nitrogens is 1. The van der Waals surface area contributed by atoms with Crippen molar-refractivity contribution in [2.45, 2.75) is 44.8 Å². The van der Waals surface area contributed by atoms with Gasteiger partial charge in [0, 0.05) is 13.0 Å². The molecule has 0 aromatic carbocycles. The highest BCUT2D eigenvalue weighted by Gasteiger charge is 2.32. The molecule has 134 valence electrons. The zero-order valence-corrected chi connectivity index (χ0v) is 15.2. The molecule has 2 saturated heterocycles. The summed E-state index contributed by atoms with van der Waals surface area (Å²) in [7, 11) is 2.23. The fraction of sp³-hybridized carbons (Fsp3) is 0.684. The van der Waals surface area contributed by atoms with Crippen LogP contribution >= 0.6 is 0 Å². The summed E-state index contributed by atoms with van der Waals surface area (Å²) in [4.78, 5) is 7.45. The van der Waals surface area contributed by atoms with E-state index in [2.05, 4.69) is 28.3 Å². The third-order valence-corrected chi connectivity index (χ3v) is 5.79. The van der Waals surface area contributed by atoms with E-state index in [1.54, 1.807) is 0 Å². The maximum atomic E-state index is 9.85. The molecule has 0 spiro atoms. The predicted molar refractivity (Wildman–Crippen MR) is 95.8 cm³/mol. The van der Waals surface area contributed by atoms with Crippen molar-refractivity contribution < 1.29 is 14.6 Å². The summed E-state index contributed by atoms with van der Waals surface area (Å²) in [6.07, 6.45) is 6.00. The molecule has 3 aliphatic rings. The van der Waals surface area contributed by atoms with Crippen LogP contribution in [-0.2, 0) is 17.7 Å². The van der Waals surface area contributed by atoms with Gasteiger partial charge in [-0.25, -0.2) is 4.98 Å². The van der Waals surface area contributed by atoms with Crippen molar-refractivity contribution in [2.24, 2.45) is 0 Å². The van der Waals surface area contributed by atoms with Gasteiger partial charge in [-0.3, -0.25) is 4.90 Å². The topological polar surface area (TPSA) is 66.9 Å². The number of nitrogens with one attached hydrogen (secondary N) is 3. The number of ether oxygens (including phenoxy) is 1. The number of aromatic amines is 1. The Balaban J connectivity index is 1.69. The van der Waals surface area contributed by atoms with Crippen molar-refractivity contribution in [3.63, 3.8) is 0 Å². The Morgan fingerprint density at radius 2 is 2.16 bits per heavy atom. The smallest absolute Gasteiger partial charge is 0.240 e. The number of hydrogen-bond donors (Lipinski definition) is 2. The number of pyridine rings is 1. The number of aromatic nitrogens is 1. The highest BCUT2D eigenvalue weighted by molar-refractivity contribution is 5.62. The van der Waals surface area contributed by atoms with E-state index in [0.29, 0.717) is 6.10 Å². The molecule has 25 heavy (non-hydrogen) atoms. The Hall–Kier alpha value is -1.84. The van der Waals surface area contributed by atoms with E-state index in [1.807, 2.05) is 0 Å². The summed E-state index contributed by atoms with van der Waals surface area (Å²) in [6.45, 7) is 5.87. The minimum absolute atomic E-state index is 0.309. The summed E-state index contributed by atoms with van der Waals surface area (Å²) in [5.74, 6) is 2.12. The second-order valence-electron chi connectivity index (χ2n) is 7.64. The van der Waals surface area contributed by atoms with Gasteiger partial charge in [-0.2, -0.15) is 5.26 Å². The van der Waals surface area contributed by atoms with Crippen LogP contribution < -0.4 is 20.1 Å². The maximum Gasteiger partial charge on any atom is 0.240 e. The quantitative estimate of drug-likeness (QED) is 0.816. The van der Waals surface area contributed by atoms with Crippen LogP contribution in [0.5, 0.6) is 0 Å². The minimum Gasteiger partial charge on any atom is -0.375 e. The lowest BCUT2D eigenvalue weighted by Gasteiger charge is -2.26. The van der Waals surface area contributed by atoms with Crippen LogP contribution in [0.1, 0.15) is 42.4 Å². The SMILES string of the molecule is C[NH+]1CCc2c(C#N)c(N3CCCC3)[nH+]c(NC[C@@H]3CCCO3)c2C1. The van der Waals surface area contributed by atoms with Crippen molar-refractivity contribution in [1.29, 1.82) is 5.26 Å². The van der Waals surface area contributed by atoms with Gasteiger partial charge in [0.25, 0.3) is 0 Å². The molecule has 1 unspecified atom stereocenters. The number of anilines is 2. The molecule has 0 amide bonds. The highest BCUT2D eigenvalue weighted by atomic mass is 16.5. The molecule has 6 heteroatoms. The van der Waals surface area contributed by atoms with Gasteiger partial charge in [-0.05, 0) is 31.2 Å². The second kappa shape index (κ2) is 7.19. The first-order valence-corrected chi connectivity index (χ1v) is 9.69. The second-order valence-corrected chi connectivity index (χ2v) is 7.64.